The molecule has 6 atom stereocenters. The van der Waals surface area contributed by atoms with E-state index in [1.165, 1.54) is 4.90 Å². The van der Waals surface area contributed by atoms with E-state index in [4.69, 9.17) is 9.47 Å². The number of carbonyl (C=O) groups excluding carboxylic acids is 3. The van der Waals surface area contributed by atoms with E-state index in [-0.39, 0.29) is 35.5 Å². The number of hydrogen-bond acceptors (Lipinski definition) is 5. The van der Waals surface area contributed by atoms with Gasteiger partial charge in [0.2, 0.25) is 11.8 Å². The van der Waals surface area contributed by atoms with Gasteiger partial charge in [0.05, 0.1) is 23.1 Å². The summed E-state index contributed by atoms with van der Waals surface area (Å²) >= 11 is 0. The number of allylic oxidation sites excluding steroid dienone is 2. The van der Waals surface area contributed by atoms with Crippen LogP contribution in [0.25, 0.3) is 0 Å². The van der Waals surface area contributed by atoms with E-state index >= 15 is 0 Å². The van der Waals surface area contributed by atoms with E-state index < -0.39 is 5.97 Å². The number of nitrogens with zero attached hydrogens (tertiary/aromatic N) is 1. The minimum Gasteiger partial charge on any atom is -0.489 e. The van der Waals surface area contributed by atoms with Crippen molar-refractivity contribution in [1.82, 2.24) is 0 Å². The fraction of sp³-hybridized carbons (Fsp3) is 0.258. The third-order valence-electron chi connectivity index (χ3n) is 8.31. The summed E-state index contributed by atoms with van der Waals surface area (Å²) in [6.45, 7) is 0.453. The smallest absolute Gasteiger partial charge is 0.343 e. The Balaban J connectivity index is 1.00. The molecule has 1 aliphatic heterocycles. The van der Waals surface area contributed by atoms with Crippen molar-refractivity contribution in [2.24, 2.45) is 35.5 Å². The predicted molar refractivity (Wildman–Crippen MR) is 136 cm³/mol. The number of hydrogen-bond donors (Lipinski definition) is 0. The predicted octanol–water partition coefficient (Wildman–Crippen LogP) is 5.04. The van der Waals surface area contributed by atoms with Crippen molar-refractivity contribution in [2.75, 3.05) is 4.90 Å². The topological polar surface area (TPSA) is 72.9 Å². The zero-order chi connectivity index (χ0) is 25.1. The number of ether oxygens (including phenoxy) is 2. The largest absolute Gasteiger partial charge is 0.489 e. The van der Waals surface area contributed by atoms with E-state index in [2.05, 4.69) is 12.2 Å². The Morgan fingerprint density at radius 2 is 1.35 bits per heavy atom. The molecule has 3 aromatic rings. The third kappa shape index (κ3) is 3.67. The summed E-state index contributed by atoms with van der Waals surface area (Å²) < 4.78 is 11.3. The molecule has 1 saturated heterocycles. The van der Waals surface area contributed by atoms with Gasteiger partial charge in [-0.3, -0.25) is 14.5 Å². The fourth-order valence-electron chi connectivity index (χ4n) is 6.47. The minimum absolute atomic E-state index is 0.107. The molecule has 184 valence electrons. The molecule has 5 aliphatic rings. The average Bonchev–Trinajstić information content (AvgIpc) is 3.72. The molecule has 2 saturated carbocycles. The number of benzene rings is 3. The van der Waals surface area contributed by atoms with Crippen LogP contribution in [0.5, 0.6) is 11.5 Å². The van der Waals surface area contributed by atoms with Gasteiger partial charge >= 0.3 is 5.97 Å². The van der Waals surface area contributed by atoms with Gasteiger partial charge < -0.3 is 9.47 Å². The summed E-state index contributed by atoms with van der Waals surface area (Å²) in [5, 5.41) is 0. The molecular weight excluding hydrogens is 466 g/mol. The van der Waals surface area contributed by atoms with E-state index in [0.29, 0.717) is 41.2 Å². The van der Waals surface area contributed by atoms with Crippen LogP contribution < -0.4 is 14.4 Å². The van der Waals surface area contributed by atoms with Crippen molar-refractivity contribution in [3.8, 4) is 11.5 Å². The lowest BCUT2D eigenvalue weighted by Crippen LogP contribution is -2.40. The molecular formula is C31H25NO5. The zero-order valence-electron chi connectivity index (χ0n) is 20.0. The number of imide groups is 1. The Labute approximate surface area is 214 Å². The molecule has 0 spiro atoms. The average molecular weight is 492 g/mol. The summed E-state index contributed by atoms with van der Waals surface area (Å²) in [6.07, 6.45) is 5.46. The first-order chi connectivity index (χ1) is 18.1. The standard InChI is InChI=1S/C31H25NO5/c33-29-27-23-14-15-24(26-16-25(23)26)28(27)30(34)32(29)20-8-6-19(7-9-20)31(35)37-22-12-10-21(11-13-22)36-17-18-4-2-1-3-5-18/h1-15,23-28H,16-17H2/t23-,24-,25-,26-,27-,28+/m1/s1. The lowest BCUT2D eigenvalue weighted by atomic mass is 9.63. The first kappa shape index (κ1) is 22.0. The van der Waals surface area contributed by atoms with Crippen LogP contribution in [-0.4, -0.2) is 17.8 Å². The van der Waals surface area contributed by atoms with Crippen LogP contribution in [0.3, 0.4) is 0 Å². The number of esters is 1. The highest BCUT2D eigenvalue weighted by molar-refractivity contribution is 6.22. The summed E-state index contributed by atoms with van der Waals surface area (Å²) in [4.78, 5) is 40.6. The highest BCUT2D eigenvalue weighted by atomic mass is 16.5. The van der Waals surface area contributed by atoms with Crippen LogP contribution in [0.15, 0.2) is 91.0 Å². The molecule has 2 amide bonds. The second kappa shape index (κ2) is 8.44. The van der Waals surface area contributed by atoms with Crippen molar-refractivity contribution >= 4 is 23.5 Å². The van der Waals surface area contributed by atoms with Gasteiger partial charge in [-0.2, -0.15) is 0 Å². The van der Waals surface area contributed by atoms with Crippen LogP contribution >= 0.6 is 0 Å². The van der Waals surface area contributed by atoms with Crippen molar-refractivity contribution in [2.45, 2.75) is 13.0 Å². The van der Waals surface area contributed by atoms with Crippen molar-refractivity contribution in [3.63, 3.8) is 0 Å². The maximum Gasteiger partial charge on any atom is 0.343 e. The lowest BCUT2D eigenvalue weighted by Gasteiger charge is -2.37. The molecule has 1 heterocycles. The Hall–Kier alpha value is -4.19. The molecule has 37 heavy (non-hydrogen) atoms. The normalized spacial score (nSPS) is 28.6. The van der Waals surface area contributed by atoms with Crippen molar-refractivity contribution < 1.29 is 23.9 Å². The van der Waals surface area contributed by atoms with Crippen molar-refractivity contribution in [3.05, 3.63) is 102 Å². The second-order valence-corrected chi connectivity index (χ2v) is 10.3. The molecule has 6 heteroatoms. The first-order valence-electron chi connectivity index (χ1n) is 12.7. The van der Waals surface area contributed by atoms with Gasteiger partial charge in [0.15, 0.2) is 0 Å². The highest BCUT2D eigenvalue weighted by Gasteiger charge is 2.67. The Bertz CT molecular complexity index is 1380. The van der Waals surface area contributed by atoms with Gasteiger partial charge in [0.1, 0.15) is 18.1 Å². The van der Waals surface area contributed by atoms with Gasteiger partial charge in [-0.1, -0.05) is 42.5 Å². The maximum absolute atomic E-state index is 13.3. The molecule has 0 aromatic heterocycles. The van der Waals surface area contributed by atoms with Gasteiger partial charge in [-0.15, -0.1) is 0 Å². The summed E-state index contributed by atoms with van der Waals surface area (Å²) in [6, 6.07) is 23.2. The van der Waals surface area contributed by atoms with Crippen LogP contribution in [0.2, 0.25) is 0 Å². The van der Waals surface area contributed by atoms with E-state index in [1.54, 1.807) is 48.5 Å². The quantitative estimate of drug-likeness (QED) is 0.209. The molecule has 2 bridgehead atoms. The molecule has 0 unspecified atom stereocenters. The number of carbonyl (C=O) groups is 3. The monoisotopic (exact) mass is 491 g/mol. The van der Waals surface area contributed by atoms with E-state index in [0.717, 1.165) is 12.0 Å². The Morgan fingerprint density at radius 3 is 1.97 bits per heavy atom. The Morgan fingerprint density at radius 1 is 0.757 bits per heavy atom. The van der Waals surface area contributed by atoms with Crippen molar-refractivity contribution in [1.29, 1.82) is 0 Å². The van der Waals surface area contributed by atoms with Crippen LogP contribution in [0, 0.1) is 35.5 Å². The summed E-state index contributed by atoms with van der Waals surface area (Å²) in [5.74, 6) is 1.37. The maximum atomic E-state index is 13.3. The van der Waals surface area contributed by atoms with Gasteiger partial charge in [-0.05, 0) is 84.2 Å². The summed E-state index contributed by atoms with van der Waals surface area (Å²) in [7, 11) is 0. The fourth-order valence-corrected chi connectivity index (χ4v) is 6.47. The number of amides is 2. The molecule has 0 radical (unpaired) electrons. The van der Waals surface area contributed by atoms with Crippen LogP contribution in [0.1, 0.15) is 22.3 Å². The first-order valence-corrected chi connectivity index (χ1v) is 12.7. The van der Waals surface area contributed by atoms with Crippen LogP contribution in [0.4, 0.5) is 5.69 Å². The molecule has 6 nitrogen and oxygen atoms in total. The van der Waals surface area contributed by atoms with Gasteiger partial charge in [0, 0.05) is 0 Å². The minimum atomic E-state index is -0.514. The van der Waals surface area contributed by atoms with E-state index in [9.17, 15) is 14.4 Å². The molecule has 8 rings (SSSR count). The third-order valence-corrected chi connectivity index (χ3v) is 8.31. The molecule has 4 aliphatic carbocycles. The highest BCUT2D eigenvalue weighted by Crippen LogP contribution is 2.65. The zero-order valence-corrected chi connectivity index (χ0v) is 20.0. The Kier molecular flexibility index (Phi) is 5.03. The lowest BCUT2D eigenvalue weighted by molar-refractivity contribution is -0.124. The second-order valence-electron chi connectivity index (χ2n) is 10.3. The van der Waals surface area contributed by atoms with Crippen LogP contribution in [-0.2, 0) is 16.2 Å². The molecule has 0 N–H and O–H groups in total. The van der Waals surface area contributed by atoms with Gasteiger partial charge in [-0.25, -0.2) is 4.79 Å². The molecule has 3 aromatic carbocycles. The SMILES string of the molecule is O=C(Oc1ccc(OCc2ccccc2)cc1)c1ccc(N2C(=O)[C@@H]3[C@@H]4C=C[C@H]([C@H]5C[C@H]45)[C@@H]3C2=O)cc1. The number of rotatable bonds is 6. The van der Waals surface area contributed by atoms with E-state index in [1.807, 2.05) is 30.3 Å². The molecule has 3 fully saturated rings. The summed E-state index contributed by atoms with van der Waals surface area (Å²) in [5.41, 5.74) is 1.92. The van der Waals surface area contributed by atoms with Gasteiger partial charge in [0.25, 0.3) is 0 Å². The number of anilines is 1.